The smallest absolute Gasteiger partial charge is 0.229 e. The Labute approximate surface area is 139 Å². The zero-order valence-electron chi connectivity index (χ0n) is 12.9. The summed E-state index contributed by atoms with van der Waals surface area (Å²) in [6.45, 7) is 4.89. The second-order valence-electron chi connectivity index (χ2n) is 5.62. The van der Waals surface area contributed by atoms with E-state index >= 15 is 0 Å². The molecule has 0 aliphatic carbocycles. The molecule has 0 radical (unpaired) electrons. The third kappa shape index (κ3) is 3.52. The quantitative estimate of drug-likeness (QED) is 0.861. The van der Waals surface area contributed by atoms with Crippen LogP contribution >= 0.6 is 23.1 Å². The molecule has 2 heterocycles. The van der Waals surface area contributed by atoms with Crippen LogP contribution in [-0.2, 0) is 11.2 Å². The van der Waals surface area contributed by atoms with Crippen LogP contribution in [0.1, 0.15) is 27.9 Å². The van der Waals surface area contributed by atoms with Crippen LogP contribution in [0.4, 0.5) is 0 Å². The number of thiazole rings is 1. The van der Waals surface area contributed by atoms with E-state index in [4.69, 9.17) is 0 Å². The van der Waals surface area contributed by atoms with Gasteiger partial charge in [-0.05, 0) is 19.4 Å². The highest BCUT2D eigenvalue weighted by atomic mass is 32.2. The Kier molecular flexibility index (Phi) is 4.84. The van der Waals surface area contributed by atoms with Crippen molar-refractivity contribution in [1.82, 2.24) is 9.88 Å². The summed E-state index contributed by atoms with van der Waals surface area (Å²) in [5.74, 6) is 2.19. The lowest BCUT2D eigenvalue weighted by Gasteiger charge is -2.35. The number of aromatic nitrogens is 1. The number of hydrogen-bond acceptors (Lipinski definition) is 4. The molecule has 0 N–H and O–H groups in total. The normalized spacial score (nSPS) is 18.5. The fourth-order valence-electron chi connectivity index (χ4n) is 2.71. The fourth-order valence-corrected chi connectivity index (χ4v) is 4.41. The van der Waals surface area contributed by atoms with Crippen molar-refractivity contribution in [2.24, 2.45) is 0 Å². The molecule has 0 bridgehead atoms. The van der Waals surface area contributed by atoms with Crippen molar-refractivity contribution >= 4 is 29.0 Å². The summed E-state index contributed by atoms with van der Waals surface area (Å²) in [5, 5.41) is 3.01. The van der Waals surface area contributed by atoms with Gasteiger partial charge in [0.2, 0.25) is 5.91 Å². The lowest BCUT2D eigenvalue weighted by atomic mass is 10.0. The van der Waals surface area contributed by atoms with Gasteiger partial charge in [0.1, 0.15) is 0 Å². The van der Waals surface area contributed by atoms with Crippen molar-refractivity contribution in [1.29, 1.82) is 0 Å². The highest BCUT2D eigenvalue weighted by Gasteiger charge is 2.28. The lowest BCUT2D eigenvalue weighted by Crippen LogP contribution is -2.41. The van der Waals surface area contributed by atoms with E-state index in [1.54, 1.807) is 11.3 Å². The summed E-state index contributed by atoms with van der Waals surface area (Å²) in [4.78, 5) is 19.2. The minimum Gasteiger partial charge on any atom is -0.334 e. The number of rotatable bonds is 3. The van der Waals surface area contributed by atoms with Crippen LogP contribution in [0, 0.1) is 13.8 Å². The number of thioether (sulfide) groups is 1. The van der Waals surface area contributed by atoms with Gasteiger partial charge in [0.25, 0.3) is 0 Å². The van der Waals surface area contributed by atoms with Crippen molar-refractivity contribution in [2.75, 3.05) is 18.1 Å². The fraction of sp³-hybridized carbons (Fsp3) is 0.412. The maximum Gasteiger partial charge on any atom is 0.229 e. The van der Waals surface area contributed by atoms with E-state index in [-0.39, 0.29) is 11.9 Å². The predicted octanol–water partition coefficient (Wildman–Crippen LogP) is 3.62. The summed E-state index contributed by atoms with van der Waals surface area (Å²) >= 11 is 3.53. The van der Waals surface area contributed by atoms with E-state index in [0.717, 1.165) is 28.8 Å². The molecule has 1 aromatic heterocycles. The van der Waals surface area contributed by atoms with Crippen molar-refractivity contribution in [3.63, 3.8) is 0 Å². The molecule has 0 unspecified atom stereocenters. The zero-order valence-corrected chi connectivity index (χ0v) is 14.5. The largest absolute Gasteiger partial charge is 0.334 e. The molecule has 22 heavy (non-hydrogen) atoms. The highest BCUT2D eigenvalue weighted by Crippen LogP contribution is 2.30. The molecule has 2 aromatic rings. The standard InChI is InChI=1S/C17H20N2OS2/c1-12-3-5-14(6-4-12)16-11-21-8-7-19(16)17(20)9-15-10-22-13(2)18-15/h3-6,10,16H,7-9,11H2,1-2H3/t16-/m1/s1. The second kappa shape index (κ2) is 6.84. The molecule has 1 aliphatic heterocycles. The van der Waals surface area contributed by atoms with E-state index in [1.165, 1.54) is 11.1 Å². The Hall–Kier alpha value is -1.33. The molecule has 3 rings (SSSR count). The minimum atomic E-state index is 0.187. The Morgan fingerprint density at radius 2 is 2.09 bits per heavy atom. The van der Waals surface area contributed by atoms with Gasteiger partial charge in [-0.1, -0.05) is 29.8 Å². The SMILES string of the molecule is Cc1ccc([C@H]2CSCCN2C(=O)Cc2csc(C)n2)cc1. The molecular weight excluding hydrogens is 312 g/mol. The van der Waals surface area contributed by atoms with Gasteiger partial charge in [-0.15, -0.1) is 11.3 Å². The molecule has 116 valence electrons. The summed E-state index contributed by atoms with van der Waals surface area (Å²) in [5.41, 5.74) is 3.39. The number of carbonyl (C=O) groups excluding carboxylic acids is 1. The van der Waals surface area contributed by atoms with Gasteiger partial charge in [0.05, 0.1) is 23.2 Å². The van der Waals surface area contributed by atoms with Crippen LogP contribution in [0.2, 0.25) is 0 Å². The maximum absolute atomic E-state index is 12.7. The maximum atomic E-state index is 12.7. The Bertz CT molecular complexity index is 651. The molecular formula is C17H20N2OS2. The first-order chi connectivity index (χ1) is 10.6. The number of amides is 1. The first kappa shape index (κ1) is 15.6. The monoisotopic (exact) mass is 332 g/mol. The average Bonchev–Trinajstić information content (AvgIpc) is 2.93. The molecule has 1 fully saturated rings. The first-order valence-electron chi connectivity index (χ1n) is 7.48. The topological polar surface area (TPSA) is 33.2 Å². The number of benzene rings is 1. The van der Waals surface area contributed by atoms with Gasteiger partial charge in [-0.3, -0.25) is 4.79 Å². The van der Waals surface area contributed by atoms with Gasteiger partial charge >= 0.3 is 0 Å². The van der Waals surface area contributed by atoms with Crippen LogP contribution in [0.15, 0.2) is 29.6 Å². The molecule has 0 spiro atoms. The van der Waals surface area contributed by atoms with E-state index in [9.17, 15) is 4.79 Å². The van der Waals surface area contributed by atoms with Gasteiger partial charge in [0.15, 0.2) is 0 Å². The molecule has 1 amide bonds. The van der Waals surface area contributed by atoms with Gasteiger partial charge < -0.3 is 4.90 Å². The molecule has 1 aromatic carbocycles. The second-order valence-corrected chi connectivity index (χ2v) is 7.84. The summed E-state index contributed by atoms with van der Waals surface area (Å²) in [6, 6.07) is 8.74. The lowest BCUT2D eigenvalue weighted by molar-refractivity contribution is -0.132. The van der Waals surface area contributed by atoms with Gasteiger partial charge in [0, 0.05) is 23.4 Å². The molecule has 5 heteroatoms. The number of hydrogen-bond donors (Lipinski definition) is 0. The third-order valence-electron chi connectivity index (χ3n) is 3.91. The average molecular weight is 332 g/mol. The van der Waals surface area contributed by atoms with Gasteiger partial charge in [-0.25, -0.2) is 4.98 Å². The van der Waals surface area contributed by atoms with E-state index < -0.39 is 0 Å². The van der Waals surface area contributed by atoms with E-state index in [0.29, 0.717) is 6.42 Å². The summed E-state index contributed by atoms with van der Waals surface area (Å²) < 4.78 is 0. The van der Waals surface area contributed by atoms with Crippen LogP contribution < -0.4 is 0 Å². The molecule has 1 atom stereocenters. The van der Waals surface area contributed by atoms with Crippen molar-refractivity contribution in [3.8, 4) is 0 Å². The van der Waals surface area contributed by atoms with E-state index in [2.05, 4.69) is 36.2 Å². The van der Waals surface area contributed by atoms with Crippen molar-refractivity contribution in [3.05, 3.63) is 51.5 Å². The van der Waals surface area contributed by atoms with Crippen LogP contribution in [-0.4, -0.2) is 33.8 Å². The predicted molar refractivity (Wildman–Crippen MR) is 93.5 cm³/mol. The minimum absolute atomic E-state index is 0.187. The molecule has 3 nitrogen and oxygen atoms in total. The number of aryl methyl sites for hydroxylation is 2. The van der Waals surface area contributed by atoms with Crippen molar-refractivity contribution < 1.29 is 4.79 Å². The number of nitrogens with zero attached hydrogens (tertiary/aromatic N) is 2. The van der Waals surface area contributed by atoms with Crippen molar-refractivity contribution in [2.45, 2.75) is 26.3 Å². The van der Waals surface area contributed by atoms with Crippen LogP contribution in [0.5, 0.6) is 0 Å². The Morgan fingerprint density at radius 1 is 1.32 bits per heavy atom. The summed E-state index contributed by atoms with van der Waals surface area (Å²) in [6.07, 6.45) is 0.414. The molecule has 0 saturated carbocycles. The first-order valence-corrected chi connectivity index (χ1v) is 9.51. The van der Waals surface area contributed by atoms with Crippen LogP contribution in [0.25, 0.3) is 0 Å². The molecule has 1 saturated heterocycles. The highest BCUT2D eigenvalue weighted by molar-refractivity contribution is 7.99. The Morgan fingerprint density at radius 3 is 2.77 bits per heavy atom. The van der Waals surface area contributed by atoms with Crippen LogP contribution in [0.3, 0.4) is 0 Å². The molecule has 1 aliphatic rings. The number of carbonyl (C=O) groups is 1. The van der Waals surface area contributed by atoms with Gasteiger partial charge in [-0.2, -0.15) is 11.8 Å². The van der Waals surface area contributed by atoms with E-state index in [1.807, 2.05) is 29.0 Å². The summed E-state index contributed by atoms with van der Waals surface area (Å²) in [7, 11) is 0. The third-order valence-corrected chi connectivity index (χ3v) is 5.75. The Balaban J connectivity index is 1.77. The zero-order chi connectivity index (χ0) is 15.5.